The van der Waals surface area contributed by atoms with Gasteiger partial charge in [0.1, 0.15) is 0 Å². The van der Waals surface area contributed by atoms with Crippen molar-refractivity contribution in [2.45, 2.75) is 6.92 Å². The molecule has 2 aliphatic heterocycles. The first kappa shape index (κ1) is 6.21. The summed E-state index contributed by atoms with van der Waals surface area (Å²) in [6.45, 7) is 2.04. The molecule has 0 aromatic carbocycles. The molecule has 0 N–H and O–H groups in total. The van der Waals surface area contributed by atoms with Gasteiger partial charge in [-0.1, -0.05) is 6.08 Å². The van der Waals surface area contributed by atoms with Gasteiger partial charge in [0.05, 0.1) is 0 Å². The molecule has 0 saturated heterocycles. The zero-order chi connectivity index (χ0) is 6.97. The molecule has 2 rings (SSSR count). The Kier molecular flexibility index (Phi) is 1.40. The Morgan fingerprint density at radius 1 is 1.60 bits per heavy atom. The number of fused-ring (bicyclic) bond motifs is 1. The molecular formula is C6H6IN3. The topological polar surface area (TPSA) is 28.0 Å². The number of nitrogens with zero attached hydrogens (tertiary/aromatic N) is 3. The minimum Gasteiger partial charge on any atom is -0.213 e. The molecule has 0 bridgehead atoms. The number of amidine groups is 1. The largest absolute Gasteiger partial charge is 0.213 e. The zero-order valence-corrected chi connectivity index (χ0v) is 7.61. The molecule has 0 aromatic rings. The molecule has 2 aliphatic rings. The van der Waals surface area contributed by atoms with Crippen molar-refractivity contribution >= 4 is 27.1 Å². The van der Waals surface area contributed by atoms with Crippen LogP contribution < -0.4 is 0 Å². The van der Waals surface area contributed by atoms with Crippen molar-refractivity contribution in [3.05, 3.63) is 23.9 Å². The van der Waals surface area contributed by atoms with E-state index in [-0.39, 0.29) is 21.3 Å². The molecule has 0 fully saturated rings. The number of halogens is 1. The average molecular weight is 247 g/mol. The first-order valence-corrected chi connectivity index (χ1v) is 4.88. The van der Waals surface area contributed by atoms with Crippen LogP contribution >= 0.6 is 21.3 Å². The monoisotopic (exact) mass is 247 g/mol. The van der Waals surface area contributed by atoms with Crippen LogP contribution in [0.1, 0.15) is 6.92 Å². The van der Waals surface area contributed by atoms with E-state index in [0.29, 0.717) is 0 Å². The predicted octanol–water partition coefficient (Wildman–Crippen LogP) is 2.16. The third kappa shape index (κ3) is 0.828. The number of hydrogen-bond donors (Lipinski definition) is 0. The second kappa shape index (κ2) is 2.26. The predicted molar refractivity (Wildman–Crippen MR) is 48.6 cm³/mol. The van der Waals surface area contributed by atoms with E-state index in [9.17, 15) is 0 Å². The second-order valence-corrected chi connectivity index (χ2v) is 3.42. The average Bonchev–Trinajstić information content (AvgIpc) is 2.36. The molecule has 4 heteroatoms. The lowest BCUT2D eigenvalue weighted by Gasteiger charge is -2.15. The van der Waals surface area contributed by atoms with Crippen molar-refractivity contribution in [3.8, 4) is 0 Å². The molecule has 0 spiro atoms. The third-order valence-electron chi connectivity index (χ3n) is 1.37. The van der Waals surface area contributed by atoms with Crippen LogP contribution in [0.4, 0.5) is 0 Å². The van der Waals surface area contributed by atoms with Crippen LogP contribution in [0.2, 0.25) is 0 Å². The van der Waals surface area contributed by atoms with Crippen LogP contribution in [0, 0.1) is 0 Å². The van der Waals surface area contributed by atoms with E-state index < -0.39 is 0 Å². The maximum Gasteiger partial charge on any atom is 0.167 e. The van der Waals surface area contributed by atoms with Crippen LogP contribution in [0.25, 0.3) is 0 Å². The Balaban J connectivity index is 2.43. The smallest absolute Gasteiger partial charge is 0.167 e. The highest BCUT2D eigenvalue weighted by atomic mass is 127. The van der Waals surface area contributed by atoms with Crippen LogP contribution in [0.3, 0.4) is 0 Å². The molecule has 0 saturated carbocycles. The molecular weight excluding hydrogens is 241 g/mol. The van der Waals surface area contributed by atoms with Crippen molar-refractivity contribution in [3.63, 3.8) is 0 Å². The summed E-state index contributed by atoms with van der Waals surface area (Å²) in [7, 11) is 0. The Labute approximate surface area is 69.6 Å². The lowest BCUT2D eigenvalue weighted by atomic mass is 10.3. The van der Waals surface area contributed by atoms with Crippen molar-refractivity contribution in [2.24, 2.45) is 6.46 Å². The first-order chi connectivity index (χ1) is 4.88. The fourth-order valence-electron chi connectivity index (χ4n) is 0.847. The van der Waals surface area contributed by atoms with Crippen molar-refractivity contribution in [1.82, 2.24) is 5.01 Å². The van der Waals surface area contributed by atoms with Crippen molar-refractivity contribution in [1.29, 1.82) is 0 Å². The lowest BCUT2D eigenvalue weighted by molar-refractivity contribution is 0.576. The SMILES string of the molecule is CC1=CC=CC2=NI=NN12. The summed E-state index contributed by atoms with van der Waals surface area (Å²) in [5.74, 6) is 1.01. The standard InChI is InChI=1S/C6H6IN3/c1-5-3-2-4-6-8-7-9-10(5)6/h2-4H,1H3. The highest BCUT2D eigenvalue weighted by Gasteiger charge is 2.15. The first-order valence-electron chi connectivity index (χ1n) is 2.95. The van der Waals surface area contributed by atoms with Crippen LogP contribution in [0.5, 0.6) is 0 Å². The van der Waals surface area contributed by atoms with Crippen molar-refractivity contribution in [2.75, 3.05) is 0 Å². The van der Waals surface area contributed by atoms with Crippen LogP contribution in [-0.2, 0) is 0 Å². The van der Waals surface area contributed by atoms with Gasteiger partial charge in [-0.15, -0.1) is 3.25 Å². The molecule has 0 aliphatic carbocycles. The maximum atomic E-state index is 4.27. The van der Waals surface area contributed by atoms with Gasteiger partial charge in [0.25, 0.3) is 0 Å². The fourth-order valence-corrected chi connectivity index (χ4v) is 2.28. The van der Waals surface area contributed by atoms with E-state index in [1.807, 2.05) is 30.2 Å². The molecule has 0 aromatic heterocycles. The zero-order valence-electron chi connectivity index (χ0n) is 5.45. The number of allylic oxidation sites excluding steroid dienone is 3. The van der Waals surface area contributed by atoms with Gasteiger partial charge in [-0.3, -0.25) is 0 Å². The molecule has 10 heavy (non-hydrogen) atoms. The van der Waals surface area contributed by atoms with E-state index in [4.69, 9.17) is 0 Å². The van der Waals surface area contributed by atoms with Gasteiger partial charge in [0.15, 0.2) is 27.1 Å². The summed E-state index contributed by atoms with van der Waals surface area (Å²) in [4.78, 5) is 0. The van der Waals surface area contributed by atoms with E-state index in [0.717, 1.165) is 5.84 Å². The van der Waals surface area contributed by atoms with Gasteiger partial charge in [-0.2, -0.15) is 3.21 Å². The summed E-state index contributed by atoms with van der Waals surface area (Å²) in [6, 6.07) is 0. The minimum atomic E-state index is -0.291. The van der Waals surface area contributed by atoms with Gasteiger partial charge in [0.2, 0.25) is 0 Å². The Morgan fingerprint density at radius 3 is 3.30 bits per heavy atom. The fraction of sp³-hybridized carbons (Fsp3) is 0.167. The number of hydrogen-bond acceptors (Lipinski definition) is 3. The van der Waals surface area contributed by atoms with Crippen LogP contribution in [0.15, 0.2) is 30.4 Å². The van der Waals surface area contributed by atoms with E-state index >= 15 is 0 Å². The summed E-state index contributed by atoms with van der Waals surface area (Å²) < 4.78 is 8.53. The van der Waals surface area contributed by atoms with E-state index in [1.54, 1.807) is 0 Å². The van der Waals surface area contributed by atoms with Crippen molar-refractivity contribution < 1.29 is 0 Å². The summed E-state index contributed by atoms with van der Waals surface area (Å²) in [6.07, 6.45) is 6.04. The Bertz CT molecular complexity index is 275. The summed E-state index contributed by atoms with van der Waals surface area (Å²) in [5, 5.41) is 1.91. The normalized spacial score (nSPS) is 21.5. The molecule has 3 nitrogen and oxygen atoms in total. The third-order valence-corrected chi connectivity index (χ3v) is 2.70. The summed E-state index contributed by atoms with van der Waals surface area (Å²) >= 11 is -0.291. The van der Waals surface area contributed by atoms with Gasteiger partial charge in [-0.05, 0) is 19.1 Å². The molecule has 0 radical (unpaired) electrons. The van der Waals surface area contributed by atoms with Gasteiger partial charge in [-0.25, -0.2) is 5.01 Å². The Morgan fingerprint density at radius 2 is 2.50 bits per heavy atom. The quantitative estimate of drug-likeness (QED) is 0.603. The highest BCUT2D eigenvalue weighted by molar-refractivity contribution is 14.1. The summed E-state index contributed by atoms with van der Waals surface area (Å²) in [5.41, 5.74) is 1.17. The van der Waals surface area contributed by atoms with Crippen LogP contribution in [-0.4, -0.2) is 10.8 Å². The molecule has 52 valence electrons. The minimum absolute atomic E-state index is 0.291. The Hall–Kier alpha value is -0.520. The molecule has 0 unspecified atom stereocenters. The molecule has 0 atom stereocenters. The van der Waals surface area contributed by atoms with Gasteiger partial charge >= 0.3 is 0 Å². The van der Waals surface area contributed by atoms with Gasteiger partial charge < -0.3 is 0 Å². The molecule has 0 amide bonds. The highest BCUT2D eigenvalue weighted by Crippen LogP contribution is 2.23. The second-order valence-electron chi connectivity index (χ2n) is 2.07. The molecule has 2 heterocycles. The van der Waals surface area contributed by atoms with Gasteiger partial charge in [0, 0.05) is 5.70 Å². The van der Waals surface area contributed by atoms with E-state index in [1.165, 1.54) is 5.70 Å². The number of rotatable bonds is 0. The maximum absolute atomic E-state index is 4.27. The van der Waals surface area contributed by atoms with E-state index in [2.05, 4.69) is 6.46 Å². The lowest BCUT2D eigenvalue weighted by Crippen LogP contribution is -2.20.